The Labute approximate surface area is 104 Å². The zero-order chi connectivity index (χ0) is 12.4. The largest absolute Gasteiger partial charge is 0.316 e. The number of hydrogen-bond acceptors (Lipinski definition) is 5. The van der Waals surface area contributed by atoms with Gasteiger partial charge in [0.25, 0.3) is 0 Å². The minimum absolute atomic E-state index is 0.0269. The molecule has 2 N–H and O–H groups in total. The van der Waals surface area contributed by atoms with Crippen molar-refractivity contribution < 1.29 is 9.59 Å². The van der Waals surface area contributed by atoms with Gasteiger partial charge in [0.15, 0.2) is 10.9 Å². The minimum atomic E-state index is -0.0852. The van der Waals surface area contributed by atoms with E-state index in [2.05, 4.69) is 15.6 Å². The molecule has 0 aliphatic carbocycles. The highest BCUT2D eigenvalue weighted by atomic mass is 32.1. The lowest BCUT2D eigenvalue weighted by Crippen LogP contribution is -2.48. The monoisotopic (exact) mass is 253 g/mol. The average molecular weight is 253 g/mol. The molecule has 1 amide bonds. The van der Waals surface area contributed by atoms with Crippen LogP contribution >= 0.6 is 11.3 Å². The normalized spacial score (nSPS) is 17.3. The van der Waals surface area contributed by atoms with E-state index >= 15 is 0 Å². The van der Waals surface area contributed by atoms with Gasteiger partial charge in [0, 0.05) is 18.2 Å². The molecule has 0 saturated carbocycles. The average Bonchev–Trinajstić information content (AvgIpc) is 2.63. The predicted molar refractivity (Wildman–Crippen MR) is 66.3 cm³/mol. The summed E-state index contributed by atoms with van der Waals surface area (Å²) in [4.78, 5) is 27.0. The number of rotatable bonds is 4. The molecule has 1 unspecified atom stereocenters. The maximum absolute atomic E-state index is 11.9. The summed E-state index contributed by atoms with van der Waals surface area (Å²) < 4.78 is 0. The lowest BCUT2D eigenvalue weighted by Gasteiger charge is -2.31. The van der Waals surface area contributed by atoms with Crippen LogP contribution in [0.1, 0.15) is 24.3 Å². The number of nitrogens with one attached hydrogen (secondary N) is 2. The fourth-order valence-electron chi connectivity index (χ4n) is 1.59. The smallest absolute Gasteiger partial charge is 0.229 e. The summed E-state index contributed by atoms with van der Waals surface area (Å²) in [5.74, 6) is 0.266. The lowest BCUT2D eigenvalue weighted by atomic mass is 9.88. The van der Waals surface area contributed by atoms with Crippen LogP contribution in [0.2, 0.25) is 0 Å². The molecule has 0 spiro atoms. The summed E-state index contributed by atoms with van der Waals surface area (Å²) in [5, 5.41) is 8.06. The third kappa shape index (κ3) is 2.70. The highest BCUT2D eigenvalue weighted by Crippen LogP contribution is 2.20. The topological polar surface area (TPSA) is 71.1 Å². The van der Waals surface area contributed by atoms with Gasteiger partial charge in [-0.15, -0.1) is 11.3 Å². The van der Waals surface area contributed by atoms with Crippen molar-refractivity contribution in [2.45, 2.75) is 13.8 Å². The second kappa shape index (κ2) is 4.93. The van der Waals surface area contributed by atoms with Gasteiger partial charge in [0.2, 0.25) is 5.91 Å². The van der Waals surface area contributed by atoms with Crippen LogP contribution in [0.15, 0.2) is 5.38 Å². The number of Topliss-reactive ketones (excluding diaryl/α,β-unsaturated/α-hetero) is 1. The van der Waals surface area contributed by atoms with Crippen LogP contribution in [0.4, 0.5) is 5.13 Å². The standard InChI is InChI=1S/C11H15N3O2S/c1-6(8-3-12-4-8)10(16)14-11-13-9(5-17-11)7(2)15/h5-6,8,12H,3-4H2,1-2H3,(H,13,14,16). The molecular weight excluding hydrogens is 238 g/mol. The van der Waals surface area contributed by atoms with Crippen molar-refractivity contribution in [3.05, 3.63) is 11.1 Å². The third-order valence-corrected chi connectivity index (χ3v) is 3.79. The van der Waals surface area contributed by atoms with Crippen molar-refractivity contribution in [1.82, 2.24) is 10.3 Å². The molecule has 0 bridgehead atoms. The first-order chi connectivity index (χ1) is 8.08. The van der Waals surface area contributed by atoms with Crippen molar-refractivity contribution in [3.8, 4) is 0 Å². The third-order valence-electron chi connectivity index (χ3n) is 3.03. The van der Waals surface area contributed by atoms with Crippen molar-refractivity contribution in [3.63, 3.8) is 0 Å². The van der Waals surface area contributed by atoms with Crippen LogP contribution in [-0.4, -0.2) is 29.8 Å². The lowest BCUT2D eigenvalue weighted by molar-refractivity contribution is -0.121. The van der Waals surface area contributed by atoms with Crippen LogP contribution < -0.4 is 10.6 Å². The second-order valence-electron chi connectivity index (χ2n) is 4.29. The highest BCUT2D eigenvalue weighted by molar-refractivity contribution is 7.14. The molecule has 6 heteroatoms. The van der Waals surface area contributed by atoms with E-state index in [9.17, 15) is 9.59 Å². The number of aromatic nitrogens is 1. The van der Waals surface area contributed by atoms with Gasteiger partial charge in [-0.2, -0.15) is 0 Å². The SMILES string of the molecule is CC(=O)c1csc(NC(=O)C(C)C2CNC2)n1. The Hall–Kier alpha value is -1.27. The van der Waals surface area contributed by atoms with Gasteiger partial charge in [-0.3, -0.25) is 9.59 Å². The van der Waals surface area contributed by atoms with Crippen LogP contribution in [0, 0.1) is 11.8 Å². The van der Waals surface area contributed by atoms with E-state index in [-0.39, 0.29) is 17.6 Å². The quantitative estimate of drug-likeness (QED) is 0.789. The van der Waals surface area contributed by atoms with Gasteiger partial charge in [-0.1, -0.05) is 6.92 Å². The van der Waals surface area contributed by atoms with Crippen molar-refractivity contribution in [2.75, 3.05) is 18.4 Å². The molecule has 1 atom stereocenters. The van der Waals surface area contributed by atoms with Crippen LogP contribution in [0.3, 0.4) is 0 Å². The van der Waals surface area contributed by atoms with Gasteiger partial charge in [0.1, 0.15) is 5.69 Å². The Morgan fingerprint density at radius 3 is 2.76 bits per heavy atom. The Kier molecular flexibility index (Phi) is 3.54. The maximum atomic E-state index is 11.9. The molecule has 0 radical (unpaired) electrons. The minimum Gasteiger partial charge on any atom is -0.316 e. The molecule has 1 aromatic rings. The van der Waals surface area contributed by atoms with Gasteiger partial charge < -0.3 is 10.6 Å². The van der Waals surface area contributed by atoms with E-state index < -0.39 is 0 Å². The van der Waals surface area contributed by atoms with Crippen molar-refractivity contribution in [1.29, 1.82) is 0 Å². The van der Waals surface area contributed by atoms with Gasteiger partial charge >= 0.3 is 0 Å². The van der Waals surface area contributed by atoms with Crippen molar-refractivity contribution >= 4 is 28.2 Å². The van der Waals surface area contributed by atoms with Crippen LogP contribution in [0.5, 0.6) is 0 Å². The van der Waals surface area contributed by atoms with E-state index in [0.717, 1.165) is 13.1 Å². The summed E-state index contributed by atoms with van der Waals surface area (Å²) in [5.41, 5.74) is 0.406. The Morgan fingerprint density at radius 2 is 2.29 bits per heavy atom. The number of thiazole rings is 1. The molecule has 1 aliphatic heterocycles. The van der Waals surface area contributed by atoms with E-state index in [0.29, 0.717) is 16.7 Å². The molecule has 0 aromatic carbocycles. The number of carbonyl (C=O) groups excluding carboxylic acids is 2. The predicted octanol–water partition coefficient (Wildman–Crippen LogP) is 1.14. The Morgan fingerprint density at radius 1 is 1.59 bits per heavy atom. The Bertz CT molecular complexity index is 440. The van der Waals surface area contributed by atoms with E-state index in [4.69, 9.17) is 0 Å². The van der Waals surface area contributed by atoms with Crippen molar-refractivity contribution in [2.24, 2.45) is 11.8 Å². The first-order valence-electron chi connectivity index (χ1n) is 5.56. The molecule has 92 valence electrons. The molecule has 1 aliphatic rings. The number of ketones is 1. The highest BCUT2D eigenvalue weighted by Gasteiger charge is 2.29. The van der Waals surface area contributed by atoms with E-state index in [1.807, 2.05) is 6.92 Å². The number of carbonyl (C=O) groups is 2. The molecule has 2 heterocycles. The van der Waals surface area contributed by atoms with Gasteiger partial charge in [0.05, 0.1) is 0 Å². The first kappa shape index (κ1) is 12.2. The number of nitrogens with zero attached hydrogens (tertiary/aromatic N) is 1. The molecule has 1 aromatic heterocycles. The fraction of sp³-hybridized carbons (Fsp3) is 0.545. The molecule has 1 saturated heterocycles. The first-order valence-corrected chi connectivity index (χ1v) is 6.44. The summed E-state index contributed by atoms with van der Waals surface area (Å²) in [7, 11) is 0. The maximum Gasteiger partial charge on any atom is 0.229 e. The van der Waals surface area contributed by atoms with Gasteiger partial charge in [-0.05, 0) is 19.0 Å². The number of amides is 1. The van der Waals surface area contributed by atoms with Crippen LogP contribution in [-0.2, 0) is 4.79 Å². The molecule has 1 fully saturated rings. The second-order valence-corrected chi connectivity index (χ2v) is 5.15. The number of anilines is 1. The molecule has 17 heavy (non-hydrogen) atoms. The zero-order valence-corrected chi connectivity index (χ0v) is 10.6. The van der Waals surface area contributed by atoms with E-state index in [1.165, 1.54) is 18.3 Å². The summed E-state index contributed by atoms with van der Waals surface area (Å²) in [6.07, 6.45) is 0. The Balaban J connectivity index is 1.94. The van der Waals surface area contributed by atoms with Crippen LogP contribution in [0.25, 0.3) is 0 Å². The van der Waals surface area contributed by atoms with Gasteiger partial charge in [-0.25, -0.2) is 4.98 Å². The molecule has 5 nitrogen and oxygen atoms in total. The summed E-state index contributed by atoms with van der Waals surface area (Å²) in [6.45, 7) is 5.17. The summed E-state index contributed by atoms with van der Waals surface area (Å²) in [6, 6.07) is 0. The summed E-state index contributed by atoms with van der Waals surface area (Å²) >= 11 is 1.28. The fourth-order valence-corrected chi connectivity index (χ4v) is 2.34. The molecule has 2 rings (SSSR count). The number of hydrogen-bond donors (Lipinski definition) is 2. The van der Waals surface area contributed by atoms with E-state index in [1.54, 1.807) is 5.38 Å². The zero-order valence-electron chi connectivity index (χ0n) is 9.82. The molecular formula is C11H15N3O2S.